The van der Waals surface area contributed by atoms with Gasteiger partial charge in [0.1, 0.15) is 15.5 Å². The van der Waals surface area contributed by atoms with E-state index in [1.54, 1.807) is 19.9 Å². The lowest BCUT2D eigenvalue weighted by Gasteiger charge is -2.24. The summed E-state index contributed by atoms with van der Waals surface area (Å²) in [4.78, 5) is 35.3. The third-order valence-corrected chi connectivity index (χ3v) is 6.66. The molecule has 0 amide bonds. The van der Waals surface area contributed by atoms with Gasteiger partial charge < -0.3 is 9.72 Å². The van der Waals surface area contributed by atoms with Crippen LogP contribution in [0.2, 0.25) is 10.0 Å². The fraction of sp³-hybridized carbons (Fsp3) is 0.350. The lowest BCUT2D eigenvalue weighted by Crippen LogP contribution is -2.25. The van der Waals surface area contributed by atoms with Crippen molar-refractivity contribution in [1.82, 2.24) is 14.9 Å². The van der Waals surface area contributed by atoms with E-state index in [2.05, 4.69) is 9.97 Å². The summed E-state index contributed by atoms with van der Waals surface area (Å²) in [5.41, 5.74) is 1.33. The predicted molar refractivity (Wildman–Crippen MR) is 117 cm³/mol. The van der Waals surface area contributed by atoms with Crippen LogP contribution >= 0.6 is 34.5 Å². The van der Waals surface area contributed by atoms with Crippen LogP contribution in [0, 0.1) is 6.92 Å². The van der Waals surface area contributed by atoms with Crippen molar-refractivity contribution in [2.45, 2.75) is 33.4 Å². The Labute approximate surface area is 182 Å². The number of aromatic amines is 1. The van der Waals surface area contributed by atoms with Crippen molar-refractivity contribution < 1.29 is 9.53 Å². The second kappa shape index (κ2) is 8.83. The highest BCUT2D eigenvalue weighted by Crippen LogP contribution is 2.29. The normalized spacial score (nSPS) is 12.5. The zero-order valence-corrected chi connectivity index (χ0v) is 18.8. The van der Waals surface area contributed by atoms with Gasteiger partial charge in [0.15, 0.2) is 0 Å². The quantitative estimate of drug-likeness (QED) is 0.533. The molecule has 0 aliphatic rings. The SMILES string of the molecule is CCOC(=O)c1sc2nc([C@@H](C)N(C)Cc3ccc(Cl)c(Cl)c3)[nH]c(=O)c2c1C. The molecule has 0 bridgehead atoms. The Bertz CT molecular complexity index is 1130. The number of aromatic nitrogens is 2. The number of halogens is 2. The molecule has 9 heteroatoms. The molecule has 0 radical (unpaired) electrons. The van der Waals surface area contributed by atoms with Gasteiger partial charge in [0.05, 0.1) is 28.1 Å². The van der Waals surface area contributed by atoms with E-state index in [4.69, 9.17) is 27.9 Å². The molecule has 0 fully saturated rings. The number of H-pyrrole nitrogens is 1. The number of nitrogens with one attached hydrogen (secondary N) is 1. The minimum atomic E-state index is -0.432. The number of hydrogen-bond donors (Lipinski definition) is 1. The molecule has 1 atom stereocenters. The summed E-state index contributed by atoms with van der Waals surface area (Å²) >= 11 is 13.3. The number of esters is 1. The largest absolute Gasteiger partial charge is 0.462 e. The van der Waals surface area contributed by atoms with E-state index >= 15 is 0 Å². The summed E-state index contributed by atoms with van der Waals surface area (Å²) in [6, 6.07) is 5.32. The van der Waals surface area contributed by atoms with Crippen LogP contribution in [0.15, 0.2) is 23.0 Å². The number of fused-ring (bicyclic) bond motifs is 1. The summed E-state index contributed by atoms with van der Waals surface area (Å²) in [5.74, 6) is 0.0976. The lowest BCUT2D eigenvalue weighted by atomic mass is 10.1. The monoisotopic (exact) mass is 453 g/mol. The maximum absolute atomic E-state index is 12.7. The maximum atomic E-state index is 12.7. The molecule has 2 heterocycles. The molecule has 1 N–H and O–H groups in total. The van der Waals surface area contributed by atoms with Crippen molar-refractivity contribution in [3.8, 4) is 0 Å². The smallest absolute Gasteiger partial charge is 0.348 e. The zero-order valence-electron chi connectivity index (χ0n) is 16.5. The molecule has 2 aromatic heterocycles. The molecule has 0 aliphatic carbocycles. The number of rotatable bonds is 6. The second-order valence-electron chi connectivity index (χ2n) is 6.75. The van der Waals surface area contributed by atoms with Gasteiger partial charge in [-0.25, -0.2) is 9.78 Å². The molecular formula is C20H21Cl2N3O3S. The van der Waals surface area contributed by atoms with Gasteiger partial charge in [-0.15, -0.1) is 11.3 Å². The summed E-state index contributed by atoms with van der Waals surface area (Å²) in [6.45, 7) is 6.31. The maximum Gasteiger partial charge on any atom is 0.348 e. The topological polar surface area (TPSA) is 75.3 Å². The molecule has 3 aromatic rings. The van der Waals surface area contributed by atoms with E-state index in [1.165, 1.54) is 11.3 Å². The molecule has 0 aliphatic heterocycles. The van der Waals surface area contributed by atoms with Gasteiger partial charge in [-0.1, -0.05) is 29.3 Å². The van der Waals surface area contributed by atoms with Crippen molar-refractivity contribution in [2.75, 3.05) is 13.7 Å². The highest BCUT2D eigenvalue weighted by atomic mass is 35.5. The van der Waals surface area contributed by atoms with E-state index in [-0.39, 0.29) is 18.2 Å². The Balaban J connectivity index is 1.91. The molecule has 0 spiro atoms. The van der Waals surface area contributed by atoms with E-state index in [9.17, 15) is 9.59 Å². The highest BCUT2D eigenvalue weighted by Gasteiger charge is 2.22. The third kappa shape index (κ3) is 4.48. The van der Waals surface area contributed by atoms with Crippen LogP contribution in [0.4, 0.5) is 0 Å². The van der Waals surface area contributed by atoms with Gasteiger partial charge in [0.2, 0.25) is 0 Å². The number of thiophene rings is 1. The van der Waals surface area contributed by atoms with Crippen molar-refractivity contribution >= 4 is 50.7 Å². The first-order valence-corrected chi connectivity index (χ1v) is 10.6. The predicted octanol–water partition coefficient (Wildman–Crippen LogP) is 4.97. The number of carbonyl (C=O) groups excluding carboxylic acids is 1. The average Bonchev–Trinajstić information content (AvgIpc) is 3.01. The van der Waals surface area contributed by atoms with E-state index in [0.29, 0.717) is 43.1 Å². The van der Waals surface area contributed by atoms with Gasteiger partial charge in [-0.2, -0.15) is 0 Å². The van der Waals surface area contributed by atoms with Crippen LogP contribution in [0.3, 0.4) is 0 Å². The van der Waals surface area contributed by atoms with Crippen LogP contribution in [0.25, 0.3) is 10.2 Å². The van der Waals surface area contributed by atoms with E-state index < -0.39 is 5.97 Å². The van der Waals surface area contributed by atoms with Crippen molar-refractivity contribution in [3.63, 3.8) is 0 Å². The van der Waals surface area contributed by atoms with Gasteiger partial charge >= 0.3 is 5.97 Å². The number of ether oxygens (including phenoxy) is 1. The van der Waals surface area contributed by atoms with Gasteiger partial charge in [-0.05, 0) is 51.1 Å². The molecule has 6 nitrogen and oxygen atoms in total. The molecule has 0 unspecified atom stereocenters. The number of nitrogens with zero attached hydrogens (tertiary/aromatic N) is 2. The van der Waals surface area contributed by atoms with E-state index in [1.807, 2.05) is 31.0 Å². The molecule has 3 rings (SSSR count). The number of aryl methyl sites for hydroxylation is 1. The number of benzene rings is 1. The minimum absolute atomic E-state index is 0.171. The Kier molecular flexibility index (Phi) is 6.63. The third-order valence-electron chi connectivity index (χ3n) is 4.75. The average molecular weight is 454 g/mol. The van der Waals surface area contributed by atoms with Gasteiger partial charge in [0, 0.05) is 6.54 Å². The Hall–Kier alpha value is -1.93. The molecule has 29 heavy (non-hydrogen) atoms. The van der Waals surface area contributed by atoms with Crippen LogP contribution in [-0.4, -0.2) is 34.5 Å². The standard InChI is InChI=1S/C20H21Cl2N3O3S/c1-5-28-20(27)16-10(2)15-18(26)23-17(24-19(15)29-16)11(3)25(4)9-12-6-7-13(21)14(22)8-12/h6-8,11H,5,9H2,1-4H3,(H,23,24,26)/t11-/m1/s1. The summed E-state index contributed by atoms with van der Waals surface area (Å²) < 4.78 is 5.08. The van der Waals surface area contributed by atoms with Crippen LogP contribution < -0.4 is 5.56 Å². The molecule has 0 saturated carbocycles. The van der Waals surface area contributed by atoms with E-state index in [0.717, 1.165) is 5.56 Å². The fourth-order valence-electron chi connectivity index (χ4n) is 3.02. The van der Waals surface area contributed by atoms with Crippen molar-refractivity contribution in [3.05, 3.63) is 60.4 Å². The van der Waals surface area contributed by atoms with Gasteiger partial charge in [0.25, 0.3) is 5.56 Å². The van der Waals surface area contributed by atoms with Crippen molar-refractivity contribution in [2.24, 2.45) is 0 Å². The summed E-state index contributed by atoms with van der Waals surface area (Å²) in [7, 11) is 1.93. The molecule has 1 aromatic carbocycles. The fourth-order valence-corrected chi connectivity index (χ4v) is 4.42. The first-order valence-electron chi connectivity index (χ1n) is 9.07. The first-order chi connectivity index (χ1) is 13.7. The zero-order chi connectivity index (χ0) is 21.3. The second-order valence-corrected chi connectivity index (χ2v) is 8.56. The van der Waals surface area contributed by atoms with Crippen LogP contribution in [0.5, 0.6) is 0 Å². The number of carbonyl (C=O) groups is 1. The molecule has 0 saturated heterocycles. The summed E-state index contributed by atoms with van der Waals surface area (Å²) in [6.07, 6.45) is 0. The lowest BCUT2D eigenvalue weighted by molar-refractivity contribution is 0.0531. The first kappa shape index (κ1) is 21.8. The van der Waals surface area contributed by atoms with Crippen LogP contribution in [-0.2, 0) is 11.3 Å². The summed E-state index contributed by atoms with van der Waals surface area (Å²) in [5, 5.41) is 1.44. The minimum Gasteiger partial charge on any atom is -0.462 e. The Morgan fingerprint density at radius 3 is 2.72 bits per heavy atom. The highest BCUT2D eigenvalue weighted by molar-refractivity contribution is 7.20. The molecule has 154 valence electrons. The van der Waals surface area contributed by atoms with Crippen LogP contribution in [0.1, 0.15) is 46.5 Å². The Morgan fingerprint density at radius 1 is 1.34 bits per heavy atom. The molecular weight excluding hydrogens is 433 g/mol. The number of hydrogen-bond acceptors (Lipinski definition) is 6. The Morgan fingerprint density at radius 2 is 2.07 bits per heavy atom. The van der Waals surface area contributed by atoms with Gasteiger partial charge in [-0.3, -0.25) is 9.69 Å². The van der Waals surface area contributed by atoms with Crippen molar-refractivity contribution in [1.29, 1.82) is 0 Å².